The smallest absolute Gasteiger partial charge is 0.328 e. The average molecular weight is 284 g/mol. The van der Waals surface area contributed by atoms with Crippen LogP contribution in [0.25, 0.3) is 0 Å². The van der Waals surface area contributed by atoms with Crippen LogP contribution in [0.5, 0.6) is 0 Å². The van der Waals surface area contributed by atoms with E-state index in [-0.39, 0.29) is 0 Å². The SMILES string of the molecule is O=C(O)/C=C/CNCCc1cccc(Br)c1. The Labute approximate surface area is 103 Å². The van der Waals surface area contributed by atoms with E-state index < -0.39 is 5.97 Å². The summed E-state index contributed by atoms with van der Waals surface area (Å²) in [6.45, 7) is 1.42. The summed E-state index contributed by atoms with van der Waals surface area (Å²) in [6, 6.07) is 8.14. The van der Waals surface area contributed by atoms with Gasteiger partial charge in [-0.1, -0.05) is 34.1 Å². The van der Waals surface area contributed by atoms with Crippen molar-refractivity contribution in [2.45, 2.75) is 6.42 Å². The van der Waals surface area contributed by atoms with E-state index in [1.165, 1.54) is 5.56 Å². The molecule has 0 atom stereocenters. The highest BCUT2D eigenvalue weighted by molar-refractivity contribution is 9.10. The van der Waals surface area contributed by atoms with Crippen LogP contribution in [0.1, 0.15) is 5.56 Å². The third-order valence-corrected chi connectivity index (χ3v) is 2.50. The predicted octanol–water partition coefficient (Wildman–Crippen LogP) is 2.22. The molecule has 3 nitrogen and oxygen atoms in total. The van der Waals surface area contributed by atoms with Gasteiger partial charge in [0.05, 0.1) is 0 Å². The van der Waals surface area contributed by atoms with Crippen molar-refractivity contribution in [1.82, 2.24) is 5.32 Å². The second kappa shape index (κ2) is 7.19. The first-order chi connectivity index (χ1) is 7.68. The second-order valence-electron chi connectivity index (χ2n) is 3.32. The quantitative estimate of drug-likeness (QED) is 0.622. The molecule has 0 spiro atoms. The third-order valence-electron chi connectivity index (χ3n) is 2.00. The number of carboxylic acids is 1. The van der Waals surface area contributed by atoms with Crippen LogP contribution in [0.3, 0.4) is 0 Å². The molecule has 0 radical (unpaired) electrons. The lowest BCUT2D eigenvalue weighted by molar-refractivity contribution is -0.131. The largest absolute Gasteiger partial charge is 0.478 e. The summed E-state index contributed by atoms with van der Waals surface area (Å²) < 4.78 is 1.08. The molecule has 2 N–H and O–H groups in total. The molecule has 0 saturated heterocycles. The zero-order valence-electron chi connectivity index (χ0n) is 8.82. The number of carbonyl (C=O) groups is 1. The molecule has 0 aliphatic carbocycles. The van der Waals surface area contributed by atoms with Gasteiger partial charge in [0.25, 0.3) is 0 Å². The molecule has 16 heavy (non-hydrogen) atoms. The maximum absolute atomic E-state index is 10.2. The van der Waals surface area contributed by atoms with Crippen LogP contribution in [0.2, 0.25) is 0 Å². The lowest BCUT2D eigenvalue weighted by atomic mass is 10.1. The molecule has 0 saturated carbocycles. The molecule has 0 bridgehead atoms. The molecule has 0 aromatic heterocycles. The monoisotopic (exact) mass is 283 g/mol. The molecule has 1 rings (SSSR count). The van der Waals surface area contributed by atoms with Crippen LogP contribution in [0.4, 0.5) is 0 Å². The Bertz CT molecular complexity index is 377. The van der Waals surface area contributed by atoms with Crippen molar-refractivity contribution in [2.24, 2.45) is 0 Å². The molecule has 4 heteroatoms. The minimum atomic E-state index is -0.909. The van der Waals surface area contributed by atoms with Gasteiger partial charge in [0.15, 0.2) is 0 Å². The van der Waals surface area contributed by atoms with Gasteiger partial charge in [-0.05, 0) is 30.7 Å². The third kappa shape index (κ3) is 5.68. The van der Waals surface area contributed by atoms with Gasteiger partial charge in [0.1, 0.15) is 0 Å². The fraction of sp³-hybridized carbons (Fsp3) is 0.250. The van der Waals surface area contributed by atoms with E-state index in [9.17, 15) is 4.79 Å². The molecule has 86 valence electrons. The van der Waals surface area contributed by atoms with E-state index in [0.717, 1.165) is 23.5 Å². The summed E-state index contributed by atoms with van der Waals surface area (Å²) in [4.78, 5) is 10.2. The lowest BCUT2D eigenvalue weighted by Crippen LogP contribution is -2.17. The van der Waals surface area contributed by atoms with E-state index >= 15 is 0 Å². The summed E-state index contributed by atoms with van der Waals surface area (Å²) in [5, 5.41) is 11.5. The Kier molecular flexibility index (Phi) is 5.82. The molecular formula is C12H14BrNO2. The second-order valence-corrected chi connectivity index (χ2v) is 4.24. The topological polar surface area (TPSA) is 49.3 Å². The van der Waals surface area contributed by atoms with Crippen molar-refractivity contribution in [3.8, 4) is 0 Å². The minimum Gasteiger partial charge on any atom is -0.478 e. The van der Waals surface area contributed by atoms with Gasteiger partial charge in [-0.2, -0.15) is 0 Å². The Hall–Kier alpha value is -1.13. The van der Waals surface area contributed by atoms with E-state index in [1.54, 1.807) is 6.08 Å². The molecule has 1 aromatic rings. The van der Waals surface area contributed by atoms with Crippen molar-refractivity contribution in [1.29, 1.82) is 0 Å². The molecule has 0 heterocycles. The number of hydrogen-bond donors (Lipinski definition) is 2. The zero-order chi connectivity index (χ0) is 11.8. The zero-order valence-corrected chi connectivity index (χ0v) is 10.4. The Morgan fingerprint density at radius 3 is 3.00 bits per heavy atom. The molecule has 0 aliphatic heterocycles. The molecule has 0 unspecified atom stereocenters. The van der Waals surface area contributed by atoms with Crippen molar-refractivity contribution in [3.63, 3.8) is 0 Å². The van der Waals surface area contributed by atoms with Crippen molar-refractivity contribution in [3.05, 3.63) is 46.5 Å². The molecule has 0 fully saturated rings. The highest BCUT2D eigenvalue weighted by atomic mass is 79.9. The Morgan fingerprint density at radius 1 is 1.50 bits per heavy atom. The van der Waals surface area contributed by atoms with Crippen molar-refractivity contribution in [2.75, 3.05) is 13.1 Å². The van der Waals surface area contributed by atoms with Gasteiger partial charge in [-0.25, -0.2) is 4.79 Å². The highest BCUT2D eigenvalue weighted by Crippen LogP contribution is 2.11. The van der Waals surface area contributed by atoms with Gasteiger partial charge in [-0.15, -0.1) is 0 Å². The number of carboxylic acid groups (broad SMARTS) is 1. The fourth-order valence-corrected chi connectivity index (χ4v) is 1.72. The molecule has 1 aromatic carbocycles. The van der Waals surface area contributed by atoms with Crippen LogP contribution in [0.15, 0.2) is 40.9 Å². The minimum absolute atomic E-state index is 0.584. The maximum Gasteiger partial charge on any atom is 0.328 e. The average Bonchev–Trinajstić information content (AvgIpc) is 2.23. The van der Waals surface area contributed by atoms with Gasteiger partial charge < -0.3 is 10.4 Å². The maximum atomic E-state index is 10.2. The van der Waals surface area contributed by atoms with Crippen LogP contribution >= 0.6 is 15.9 Å². The molecule has 0 aliphatic rings. The van der Waals surface area contributed by atoms with Gasteiger partial charge in [-0.3, -0.25) is 0 Å². The van der Waals surface area contributed by atoms with Crippen LogP contribution in [-0.4, -0.2) is 24.2 Å². The number of rotatable bonds is 6. The summed E-state index contributed by atoms with van der Waals surface area (Å²) in [7, 11) is 0. The lowest BCUT2D eigenvalue weighted by Gasteiger charge is -2.02. The first kappa shape index (κ1) is 12.9. The van der Waals surface area contributed by atoms with E-state index in [1.807, 2.05) is 12.1 Å². The van der Waals surface area contributed by atoms with Gasteiger partial charge in [0, 0.05) is 17.1 Å². The number of benzene rings is 1. The molecule has 0 amide bonds. The van der Waals surface area contributed by atoms with Crippen LogP contribution in [0, 0.1) is 0 Å². The van der Waals surface area contributed by atoms with Crippen molar-refractivity contribution < 1.29 is 9.90 Å². The van der Waals surface area contributed by atoms with Crippen molar-refractivity contribution >= 4 is 21.9 Å². The highest BCUT2D eigenvalue weighted by Gasteiger charge is 1.93. The van der Waals surface area contributed by atoms with Crippen LogP contribution < -0.4 is 5.32 Å². The van der Waals surface area contributed by atoms with Crippen LogP contribution in [-0.2, 0) is 11.2 Å². The van der Waals surface area contributed by atoms with E-state index in [4.69, 9.17) is 5.11 Å². The summed E-state index contributed by atoms with van der Waals surface area (Å²) in [5.41, 5.74) is 1.25. The number of hydrogen-bond acceptors (Lipinski definition) is 2. The predicted molar refractivity (Wildman–Crippen MR) is 67.5 cm³/mol. The first-order valence-electron chi connectivity index (χ1n) is 5.03. The Balaban J connectivity index is 2.19. The van der Waals surface area contributed by atoms with Gasteiger partial charge >= 0.3 is 5.97 Å². The number of halogens is 1. The fourth-order valence-electron chi connectivity index (χ4n) is 1.27. The normalized spacial score (nSPS) is 10.8. The standard InChI is InChI=1S/C12H14BrNO2/c13-11-4-1-3-10(9-11)6-8-14-7-2-5-12(15)16/h1-5,9,14H,6-8H2,(H,15,16)/b5-2+. The first-order valence-corrected chi connectivity index (χ1v) is 5.82. The number of aliphatic carboxylic acids is 1. The van der Waals surface area contributed by atoms with E-state index in [0.29, 0.717) is 6.54 Å². The van der Waals surface area contributed by atoms with E-state index in [2.05, 4.69) is 33.4 Å². The number of nitrogens with one attached hydrogen (secondary N) is 1. The molecular weight excluding hydrogens is 270 g/mol. The summed E-state index contributed by atoms with van der Waals surface area (Å²) in [6.07, 6.45) is 3.68. The summed E-state index contributed by atoms with van der Waals surface area (Å²) >= 11 is 3.42. The van der Waals surface area contributed by atoms with Gasteiger partial charge in [0.2, 0.25) is 0 Å². The Morgan fingerprint density at radius 2 is 2.31 bits per heavy atom. The summed E-state index contributed by atoms with van der Waals surface area (Å²) in [5.74, 6) is -0.909.